The SMILES string of the molecule is O=C(Cc1ccc2c(n1)CCCc1ccc(-c3cccnc3)cc1-2)c1c(F)cccc1F. The quantitative estimate of drug-likeness (QED) is 0.376. The van der Waals surface area contributed by atoms with Gasteiger partial charge in [0.25, 0.3) is 0 Å². The maximum atomic E-state index is 14.0. The number of nitrogens with zero attached hydrogens (tertiary/aromatic N) is 2. The number of rotatable bonds is 4. The summed E-state index contributed by atoms with van der Waals surface area (Å²) >= 11 is 0. The monoisotopic (exact) mass is 426 g/mol. The Labute approximate surface area is 184 Å². The van der Waals surface area contributed by atoms with E-state index < -0.39 is 23.0 Å². The van der Waals surface area contributed by atoms with Gasteiger partial charge in [0.05, 0.1) is 12.0 Å². The molecular formula is C27H20F2N2O. The first-order chi connectivity index (χ1) is 15.6. The van der Waals surface area contributed by atoms with Gasteiger partial charge in [0.15, 0.2) is 5.78 Å². The van der Waals surface area contributed by atoms with Crippen molar-refractivity contribution in [3.05, 3.63) is 107 Å². The van der Waals surface area contributed by atoms with E-state index in [1.807, 2.05) is 24.4 Å². The van der Waals surface area contributed by atoms with Crippen molar-refractivity contribution in [1.82, 2.24) is 9.97 Å². The van der Waals surface area contributed by atoms with Crippen LogP contribution in [0.1, 0.15) is 33.7 Å². The Morgan fingerprint density at radius 2 is 1.72 bits per heavy atom. The van der Waals surface area contributed by atoms with Crippen molar-refractivity contribution in [2.75, 3.05) is 0 Å². The van der Waals surface area contributed by atoms with Gasteiger partial charge in [-0.25, -0.2) is 8.78 Å². The average molecular weight is 426 g/mol. The minimum atomic E-state index is -0.846. The van der Waals surface area contributed by atoms with Gasteiger partial charge in [0.2, 0.25) is 0 Å². The van der Waals surface area contributed by atoms with E-state index >= 15 is 0 Å². The zero-order chi connectivity index (χ0) is 22.1. The highest BCUT2D eigenvalue weighted by Crippen LogP contribution is 2.35. The van der Waals surface area contributed by atoms with Gasteiger partial charge in [-0.05, 0) is 66.3 Å². The van der Waals surface area contributed by atoms with Crippen LogP contribution in [0, 0.1) is 11.6 Å². The number of halogens is 2. The van der Waals surface area contributed by atoms with Gasteiger partial charge in [0.1, 0.15) is 11.6 Å². The van der Waals surface area contributed by atoms with Crippen molar-refractivity contribution in [3.63, 3.8) is 0 Å². The molecule has 1 aliphatic carbocycles. The minimum Gasteiger partial charge on any atom is -0.294 e. The second-order valence-corrected chi connectivity index (χ2v) is 7.96. The van der Waals surface area contributed by atoms with E-state index in [9.17, 15) is 13.6 Å². The fraction of sp³-hybridized carbons (Fsp3) is 0.148. The number of Topliss-reactive ketones (excluding diaryl/α,β-unsaturated/α-hetero) is 1. The van der Waals surface area contributed by atoms with Crippen LogP contribution >= 0.6 is 0 Å². The molecule has 0 atom stereocenters. The maximum Gasteiger partial charge on any atom is 0.174 e. The van der Waals surface area contributed by atoms with E-state index in [0.717, 1.165) is 59.3 Å². The summed E-state index contributed by atoms with van der Waals surface area (Å²) in [4.78, 5) is 21.5. The van der Waals surface area contributed by atoms with Crippen LogP contribution in [0.3, 0.4) is 0 Å². The number of aromatic nitrogens is 2. The minimum absolute atomic E-state index is 0.145. The molecule has 4 aromatic rings. The van der Waals surface area contributed by atoms with Crippen molar-refractivity contribution >= 4 is 5.78 Å². The molecule has 32 heavy (non-hydrogen) atoms. The molecule has 2 heterocycles. The first-order valence-corrected chi connectivity index (χ1v) is 10.6. The molecule has 0 amide bonds. The lowest BCUT2D eigenvalue weighted by Gasteiger charge is -2.13. The highest BCUT2D eigenvalue weighted by Gasteiger charge is 2.20. The van der Waals surface area contributed by atoms with Gasteiger partial charge in [-0.15, -0.1) is 0 Å². The number of hydrogen-bond acceptors (Lipinski definition) is 3. The van der Waals surface area contributed by atoms with Crippen LogP contribution in [0.15, 0.2) is 73.1 Å². The molecule has 3 nitrogen and oxygen atoms in total. The summed E-state index contributed by atoms with van der Waals surface area (Å²) in [6.45, 7) is 0. The van der Waals surface area contributed by atoms with E-state index in [4.69, 9.17) is 4.98 Å². The summed E-state index contributed by atoms with van der Waals surface area (Å²) in [5, 5.41) is 0. The van der Waals surface area contributed by atoms with Crippen LogP contribution in [-0.2, 0) is 19.3 Å². The summed E-state index contributed by atoms with van der Waals surface area (Å²) in [6.07, 6.45) is 6.11. The molecule has 0 radical (unpaired) electrons. The topological polar surface area (TPSA) is 42.9 Å². The molecule has 5 heteroatoms. The molecule has 0 fully saturated rings. The molecular weight excluding hydrogens is 406 g/mol. The predicted octanol–water partition coefficient (Wildman–Crippen LogP) is 6.00. The number of carbonyl (C=O) groups excluding carboxylic acids is 1. The third kappa shape index (κ3) is 3.82. The molecule has 0 saturated heterocycles. The van der Waals surface area contributed by atoms with E-state index in [1.165, 1.54) is 11.6 Å². The number of hydrogen-bond donors (Lipinski definition) is 0. The van der Waals surface area contributed by atoms with Crippen molar-refractivity contribution < 1.29 is 13.6 Å². The fourth-order valence-electron chi connectivity index (χ4n) is 4.30. The summed E-state index contributed by atoms with van der Waals surface area (Å²) in [5.41, 5.74) is 6.48. The van der Waals surface area contributed by atoms with E-state index in [0.29, 0.717) is 5.69 Å². The van der Waals surface area contributed by atoms with Gasteiger partial charge < -0.3 is 0 Å². The van der Waals surface area contributed by atoms with Crippen molar-refractivity contribution in [2.24, 2.45) is 0 Å². The lowest BCUT2D eigenvalue weighted by atomic mass is 9.94. The predicted molar refractivity (Wildman–Crippen MR) is 119 cm³/mol. The zero-order valence-corrected chi connectivity index (χ0v) is 17.3. The molecule has 0 N–H and O–H groups in total. The van der Waals surface area contributed by atoms with Gasteiger partial charge >= 0.3 is 0 Å². The molecule has 0 saturated carbocycles. The molecule has 0 unspecified atom stereocenters. The average Bonchev–Trinajstić information content (AvgIpc) is 2.98. The smallest absolute Gasteiger partial charge is 0.174 e. The Balaban J connectivity index is 1.50. The van der Waals surface area contributed by atoms with Crippen LogP contribution in [0.2, 0.25) is 0 Å². The van der Waals surface area contributed by atoms with Crippen LogP contribution < -0.4 is 0 Å². The lowest BCUT2D eigenvalue weighted by Crippen LogP contribution is -2.11. The van der Waals surface area contributed by atoms with Crippen LogP contribution in [0.25, 0.3) is 22.3 Å². The normalized spacial score (nSPS) is 12.6. The van der Waals surface area contributed by atoms with Crippen molar-refractivity contribution in [1.29, 1.82) is 0 Å². The number of carbonyl (C=O) groups is 1. The van der Waals surface area contributed by atoms with E-state index in [1.54, 1.807) is 12.3 Å². The maximum absolute atomic E-state index is 14.0. The number of ketones is 1. The molecule has 5 rings (SSSR count). The molecule has 1 aliphatic rings. The highest BCUT2D eigenvalue weighted by atomic mass is 19.1. The third-order valence-corrected chi connectivity index (χ3v) is 5.87. The fourth-order valence-corrected chi connectivity index (χ4v) is 4.30. The van der Waals surface area contributed by atoms with Crippen LogP contribution in [0.5, 0.6) is 0 Å². The zero-order valence-electron chi connectivity index (χ0n) is 17.3. The van der Waals surface area contributed by atoms with Gasteiger partial charge in [0, 0.05) is 34.9 Å². The Morgan fingerprint density at radius 3 is 2.50 bits per heavy atom. The summed E-state index contributed by atoms with van der Waals surface area (Å²) in [6, 6.07) is 17.6. The van der Waals surface area contributed by atoms with Gasteiger partial charge in [-0.1, -0.05) is 30.3 Å². The lowest BCUT2D eigenvalue weighted by molar-refractivity contribution is 0.0984. The summed E-state index contributed by atoms with van der Waals surface area (Å²) < 4.78 is 28.0. The Hall–Kier alpha value is -3.73. The summed E-state index contributed by atoms with van der Waals surface area (Å²) in [5.74, 6) is -2.30. The molecule has 0 spiro atoms. The largest absolute Gasteiger partial charge is 0.294 e. The number of fused-ring (bicyclic) bond motifs is 3. The number of benzene rings is 2. The van der Waals surface area contributed by atoms with E-state index in [2.05, 4.69) is 23.2 Å². The van der Waals surface area contributed by atoms with Crippen molar-refractivity contribution in [3.8, 4) is 22.3 Å². The number of aryl methyl sites for hydroxylation is 2. The molecule has 2 aromatic heterocycles. The van der Waals surface area contributed by atoms with Gasteiger partial charge in [-0.2, -0.15) is 0 Å². The van der Waals surface area contributed by atoms with Crippen LogP contribution in [0.4, 0.5) is 8.78 Å². The molecule has 0 bridgehead atoms. The van der Waals surface area contributed by atoms with E-state index in [-0.39, 0.29) is 6.42 Å². The standard InChI is InChI=1S/C27H20F2N2O/c28-23-6-2-7-24(29)27(23)26(32)15-20-11-12-21-22-14-18(19-5-3-13-30-16-19)10-9-17(22)4-1-8-25(21)31-20/h2-3,5-7,9-14,16H,1,4,8,15H2. The first kappa shape index (κ1) is 20.2. The second-order valence-electron chi connectivity index (χ2n) is 7.96. The summed E-state index contributed by atoms with van der Waals surface area (Å²) in [7, 11) is 0. The Kier molecular flexibility index (Phi) is 5.31. The molecule has 0 aliphatic heterocycles. The molecule has 2 aromatic carbocycles. The Morgan fingerprint density at radius 1 is 0.875 bits per heavy atom. The third-order valence-electron chi connectivity index (χ3n) is 5.87. The number of pyridine rings is 2. The second kappa shape index (κ2) is 8.42. The first-order valence-electron chi connectivity index (χ1n) is 10.6. The van der Waals surface area contributed by atoms with Crippen LogP contribution in [-0.4, -0.2) is 15.8 Å². The highest BCUT2D eigenvalue weighted by molar-refractivity contribution is 5.97. The van der Waals surface area contributed by atoms with Gasteiger partial charge in [-0.3, -0.25) is 14.8 Å². The molecule has 158 valence electrons. The van der Waals surface area contributed by atoms with Crippen molar-refractivity contribution in [2.45, 2.75) is 25.7 Å². The Bertz CT molecular complexity index is 1300.